The van der Waals surface area contributed by atoms with E-state index < -0.39 is 12.1 Å². The fraction of sp³-hybridized carbons (Fsp3) is 0.182. The highest BCUT2D eigenvalue weighted by molar-refractivity contribution is 6.42. The predicted molar refractivity (Wildman–Crippen MR) is 69.1 cm³/mol. The SMILES string of the molecule is CC(Oc1ncn(-c2ccc(Cl)c(Cl)c2)n1)C(=O)O. The average Bonchev–Trinajstić information content (AvgIpc) is 2.81. The van der Waals surface area contributed by atoms with Crippen molar-refractivity contribution in [2.45, 2.75) is 13.0 Å². The molecule has 8 heteroatoms. The largest absolute Gasteiger partial charge is 0.479 e. The lowest BCUT2D eigenvalue weighted by atomic mass is 10.3. The lowest BCUT2D eigenvalue weighted by Gasteiger charge is -2.05. The molecule has 0 saturated heterocycles. The first-order chi connectivity index (χ1) is 8.97. The Labute approximate surface area is 118 Å². The van der Waals surface area contributed by atoms with Gasteiger partial charge in [-0.3, -0.25) is 0 Å². The first-order valence-electron chi connectivity index (χ1n) is 5.24. The van der Waals surface area contributed by atoms with E-state index in [0.29, 0.717) is 15.7 Å². The molecule has 1 N–H and O–H groups in total. The van der Waals surface area contributed by atoms with Gasteiger partial charge in [0.05, 0.1) is 15.7 Å². The van der Waals surface area contributed by atoms with E-state index in [-0.39, 0.29) is 6.01 Å². The van der Waals surface area contributed by atoms with Crippen LogP contribution < -0.4 is 4.74 Å². The molecule has 2 aromatic rings. The zero-order valence-electron chi connectivity index (χ0n) is 9.75. The molecule has 6 nitrogen and oxygen atoms in total. The van der Waals surface area contributed by atoms with Crippen molar-refractivity contribution in [1.29, 1.82) is 0 Å². The molecule has 0 aliphatic carbocycles. The molecule has 0 radical (unpaired) electrons. The van der Waals surface area contributed by atoms with Gasteiger partial charge in [-0.1, -0.05) is 23.2 Å². The van der Waals surface area contributed by atoms with E-state index in [2.05, 4.69) is 10.1 Å². The molecule has 1 aromatic heterocycles. The Morgan fingerprint density at radius 2 is 2.16 bits per heavy atom. The van der Waals surface area contributed by atoms with Crippen molar-refractivity contribution in [3.05, 3.63) is 34.6 Å². The number of rotatable bonds is 4. The fourth-order valence-corrected chi connectivity index (χ4v) is 1.55. The van der Waals surface area contributed by atoms with Gasteiger partial charge < -0.3 is 9.84 Å². The molecular weight excluding hydrogens is 293 g/mol. The molecule has 2 rings (SSSR count). The van der Waals surface area contributed by atoms with Gasteiger partial charge in [0.1, 0.15) is 6.33 Å². The van der Waals surface area contributed by atoms with Crippen molar-refractivity contribution in [2.24, 2.45) is 0 Å². The maximum Gasteiger partial charge on any atom is 0.344 e. The molecule has 1 unspecified atom stereocenters. The Hall–Kier alpha value is -1.79. The molecule has 0 amide bonds. The highest BCUT2D eigenvalue weighted by Gasteiger charge is 2.15. The number of aliphatic carboxylic acids is 1. The number of carboxylic acids is 1. The van der Waals surface area contributed by atoms with Crippen LogP contribution in [0, 0.1) is 0 Å². The van der Waals surface area contributed by atoms with Crippen LogP contribution in [0.25, 0.3) is 5.69 Å². The van der Waals surface area contributed by atoms with Crippen LogP contribution in [0.4, 0.5) is 0 Å². The molecule has 1 atom stereocenters. The molecule has 1 heterocycles. The number of halogens is 2. The summed E-state index contributed by atoms with van der Waals surface area (Å²) in [5.41, 5.74) is 0.639. The fourth-order valence-electron chi connectivity index (χ4n) is 1.26. The van der Waals surface area contributed by atoms with Crippen LogP contribution in [-0.2, 0) is 4.79 Å². The van der Waals surface area contributed by atoms with Gasteiger partial charge in [0.2, 0.25) is 0 Å². The smallest absolute Gasteiger partial charge is 0.344 e. The number of nitrogens with zero attached hydrogens (tertiary/aromatic N) is 3. The lowest BCUT2D eigenvalue weighted by Crippen LogP contribution is -2.23. The van der Waals surface area contributed by atoms with Crippen LogP contribution in [0.1, 0.15) is 6.92 Å². The summed E-state index contributed by atoms with van der Waals surface area (Å²) in [6, 6.07) is 4.92. The van der Waals surface area contributed by atoms with Gasteiger partial charge in [0.15, 0.2) is 6.10 Å². The molecule has 0 saturated carbocycles. The summed E-state index contributed by atoms with van der Waals surface area (Å²) in [7, 11) is 0. The topological polar surface area (TPSA) is 77.2 Å². The molecule has 0 fully saturated rings. The lowest BCUT2D eigenvalue weighted by molar-refractivity contribution is -0.144. The summed E-state index contributed by atoms with van der Waals surface area (Å²) in [5, 5.41) is 13.5. The number of ether oxygens (including phenoxy) is 1. The van der Waals surface area contributed by atoms with Crippen LogP contribution in [0.5, 0.6) is 6.01 Å². The third-order valence-corrected chi connectivity index (χ3v) is 3.01. The van der Waals surface area contributed by atoms with Gasteiger partial charge >= 0.3 is 12.0 Å². The molecule has 0 bridgehead atoms. The summed E-state index contributed by atoms with van der Waals surface area (Å²) >= 11 is 11.7. The van der Waals surface area contributed by atoms with E-state index in [9.17, 15) is 4.79 Å². The number of hydrogen-bond donors (Lipinski definition) is 1. The van der Waals surface area contributed by atoms with Crippen molar-refractivity contribution >= 4 is 29.2 Å². The maximum atomic E-state index is 10.6. The number of carboxylic acid groups (broad SMARTS) is 1. The Morgan fingerprint density at radius 1 is 1.42 bits per heavy atom. The van der Waals surface area contributed by atoms with Gasteiger partial charge in [0, 0.05) is 0 Å². The highest BCUT2D eigenvalue weighted by Crippen LogP contribution is 2.24. The second kappa shape index (κ2) is 5.46. The quantitative estimate of drug-likeness (QED) is 0.938. The molecular formula is C11H9Cl2N3O3. The molecule has 100 valence electrons. The average molecular weight is 302 g/mol. The Kier molecular flexibility index (Phi) is 3.92. The molecule has 19 heavy (non-hydrogen) atoms. The van der Waals surface area contributed by atoms with Gasteiger partial charge in [-0.25, -0.2) is 9.48 Å². The number of carbonyl (C=O) groups is 1. The molecule has 0 spiro atoms. The summed E-state index contributed by atoms with van der Waals surface area (Å²) in [4.78, 5) is 14.5. The minimum Gasteiger partial charge on any atom is -0.479 e. The summed E-state index contributed by atoms with van der Waals surface area (Å²) in [5.74, 6) is -1.09. The Balaban J connectivity index is 2.20. The number of hydrogen-bond acceptors (Lipinski definition) is 4. The van der Waals surface area contributed by atoms with Crippen LogP contribution in [-0.4, -0.2) is 31.9 Å². The van der Waals surface area contributed by atoms with Crippen molar-refractivity contribution in [2.75, 3.05) is 0 Å². The first-order valence-corrected chi connectivity index (χ1v) is 5.99. The summed E-state index contributed by atoms with van der Waals surface area (Å²) < 4.78 is 6.44. The third-order valence-electron chi connectivity index (χ3n) is 2.27. The van der Waals surface area contributed by atoms with Crippen LogP contribution in [0.15, 0.2) is 24.5 Å². The number of aromatic nitrogens is 3. The third kappa shape index (κ3) is 3.15. The standard InChI is InChI=1S/C11H9Cl2N3O3/c1-6(10(17)18)19-11-14-5-16(15-11)7-2-3-8(12)9(13)4-7/h2-6H,1H3,(H,17,18). The van der Waals surface area contributed by atoms with Crippen molar-refractivity contribution in [3.8, 4) is 11.7 Å². The van der Waals surface area contributed by atoms with Crippen molar-refractivity contribution < 1.29 is 14.6 Å². The minimum absolute atomic E-state index is 0.0269. The van der Waals surface area contributed by atoms with E-state index in [1.165, 1.54) is 17.9 Å². The Bertz CT molecular complexity index is 615. The molecule has 0 aliphatic heterocycles. The van der Waals surface area contributed by atoms with Crippen molar-refractivity contribution in [1.82, 2.24) is 14.8 Å². The molecule has 0 aliphatic rings. The zero-order chi connectivity index (χ0) is 14.0. The van der Waals surface area contributed by atoms with E-state index >= 15 is 0 Å². The Morgan fingerprint density at radius 3 is 2.79 bits per heavy atom. The van der Waals surface area contributed by atoms with E-state index in [1.54, 1.807) is 18.2 Å². The number of benzene rings is 1. The zero-order valence-corrected chi connectivity index (χ0v) is 11.3. The van der Waals surface area contributed by atoms with E-state index in [1.807, 2.05) is 0 Å². The maximum absolute atomic E-state index is 10.6. The molecule has 1 aromatic carbocycles. The predicted octanol–water partition coefficient (Wildman–Crippen LogP) is 2.43. The second-order valence-electron chi connectivity index (χ2n) is 3.67. The van der Waals surface area contributed by atoms with Gasteiger partial charge in [0.25, 0.3) is 0 Å². The van der Waals surface area contributed by atoms with E-state index in [0.717, 1.165) is 0 Å². The summed E-state index contributed by atoms with van der Waals surface area (Å²) in [6.07, 6.45) is 0.369. The minimum atomic E-state index is -1.09. The van der Waals surface area contributed by atoms with Gasteiger partial charge in [-0.2, -0.15) is 4.98 Å². The van der Waals surface area contributed by atoms with Crippen LogP contribution in [0.2, 0.25) is 10.0 Å². The van der Waals surface area contributed by atoms with E-state index in [4.69, 9.17) is 33.0 Å². The summed E-state index contributed by atoms with van der Waals surface area (Å²) in [6.45, 7) is 1.39. The van der Waals surface area contributed by atoms with Crippen molar-refractivity contribution in [3.63, 3.8) is 0 Å². The van der Waals surface area contributed by atoms with Gasteiger partial charge in [-0.05, 0) is 25.1 Å². The monoisotopic (exact) mass is 301 g/mol. The normalized spacial score (nSPS) is 12.2. The second-order valence-corrected chi connectivity index (χ2v) is 4.48. The van der Waals surface area contributed by atoms with Crippen LogP contribution in [0.3, 0.4) is 0 Å². The van der Waals surface area contributed by atoms with Crippen LogP contribution >= 0.6 is 23.2 Å². The first kappa shape index (κ1) is 13.6. The highest BCUT2D eigenvalue weighted by atomic mass is 35.5. The van der Waals surface area contributed by atoms with Gasteiger partial charge in [-0.15, -0.1) is 5.10 Å².